The van der Waals surface area contributed by atoms with Gasteiger partial charge in [-0.1, -0.05) is 120 Å². The molecule has 0 amide bonds. The van der Waals surface area contributed by atoms with E-state index in [2.05, 4.69) is 272 Å². The zero-order valence-electron chi connectivity index (χ0n) is 63.0. The van der Waals surface area contributed by atoms with Gasteiger partial charge in [0.2, 0.25) is 0 Å². The minimum Gasteiger partial charge on any atom is -0.255 e. The average molecular weight is 1380 g/mol. The molecule has 0 aliphatic rings. The van der Waals surface area contributed by atoms with E-state index in [9.17, 15) is 0 Å². The second kappa shape index (κ2) is 33.6. The molecule has 0 N–H and O–H groups in total. The summed E-state index contributed by atoms with van der Waals surface area (Å²) in [6.45, 7) is 29.1. The molecule has 18 aromatic rings. The van der Waals surface area contributed by atoms with Gasteiger partial charge >= 0.3 is 0 Å². The van der Waals surface area contributed by atoms with Gasteiger partial charge in [0.05, 0.1) is 78.3 Å². The average Bonchev–Trinajstić information content (AvgIpc) is 0.786. The standard InChI is InChI=1S/4C15H13N.3C12H12N2/c1-10-4-6-14-13(7-10)9-12-5-3-11(2)8-15(12)16-14;1-10-3-5-14-12(7-10)9-13-8-11(2)4-6-15(13)16-14;1-10-7-13-9-12-5-3-4-6-14(12)16-15(13)8-11(10)2;1-10-7-8-11(2)15-13(10)9-12-5-3-4-6-14(12)16-15;1-9-3-5-13-11(7-9)12-8-10(2)4-6-14-12;1-9-3-5-11(13-7-9)12-6-4-10(2)8-14-12;1-9-5-3-7-11(13-9)12-8-4-6-10(2)14-12/h4*3-9H,1-2H3;3*3-8H,1-2H3. The van der Waals surface area contributed by atoms with Crippen molar-refractivity contribution in [3.8, 4) is 34.2 Å². The number of hydrogen-bond acceptors (Lipinski definition) is 10. The normalized spacial score (nSPS) is 10.7. The third-order valence-electron chi connectivity index (χ3n) is 18.3. The fourth-order valence-corrected chi connectivity index (χ4v) is 12.3. The van der Waals surface area contributed by atoms with Crippen molar-refractivity contribution in [1.82, 2.24) is 49.8 Å². The van der Waals surface area contributed by atoms with Crippen LogP contribution in [0.2, 0.25) is 0 Å². The van der Waals surface area contributed by atoms with Crippen molar-refractivity contribution in [1.29, 1.82) is 0 Å². The molecule has 0 radical (unpaired) electrons. The molecule has 0 unspecified atom stereocenters. The lowest BCUT2D eigenvalue weighted by molar-refractivity contribution is 1.15. The van der Waals surface area contributed by atoms with Gasteiger partial charge in [0.15, 0.2) is 0 Å². The molecule has 0 fully saturated rings. The van der Waals surface area contributed by atoms with Gasteiger partial charge in [-0.15, -0.1) is 0 Å². The van der Waals surface area contributed by atoms with Crippen molar-refractivity contribution < 1.29 is 0 Å². The Labute approximate surface area is 622 Å². The van der Waals surface area contributed by atoms with E-state index in [0.29, 0.717) is 0 Å². The molecule has 0 spiro atoms. The highest BCUT2D eigenvalue weighted by molar-refractivity contribution is 5.97. The Morgan fingerprint density at radius 1 is 0.189 bits per heavy atom. The Bertz CT molecular complexity index is 5690. The number of rotatable bonds is 3. The van der Waals surface area contributed by atoms with E-state index in [1.165, 1.54) is 110 Å². The van der Waals surface area contributed by atoms with E-state index in [1.54, 1.807) is 0 Å². The van der Waals surface area contributed by atoms with E-state index in [4.69, 9.17) is 4.98 Å². The number of aromatic nitrogens is 10. The lowest BCUT2D eigenvalue weighted by atomic mass is 10.0. The summed E-state index contributed by atoms with van der Waals surface area (Å²) < 4.78 is 0. The molecular formula is C96H88N10. The van der Waals surface area contributed by atoms with Gasteiger partial charge < -0.3 is 0 Å². The SMILES string of the molecule is Cc1cc2cc3ccccc3nc2cc1C.Cc1ccc(-c2ccc(C)cn2)nc1.Cc1ccc(C)c2nc3ccccc3cc12.Cc1ccc2nc3cc(C)ccc3cc2c1.Cc1ccc2nc3ccc(C)cc3cc2c1.Cc1cccc(-c2cccc(C)n2)n1.Cc1ccnc(-c2cc(C)ccn2)c1. The zero-order valence-corrected chi connectivity index (χ0v) is 63.0. The van der Waals surface area contributed by atoms with Gasteiger partial charge in [-0.25, -0.2) is 19.9 Å². The fraction of sp³-hybridized carbons (Fsp3) is 0.146. The van der Waals surface area contributed by atoms with Crippen LogP contribution in [0.1, 0.15) is 78.1 Å². The highest BCUT2D eigenvalue weighted by atomic mass is 14.8. The third kappa shape index (κ3) is 18.9. The van der Waals surface area contributed by atoms with Gasteiger partial charge in [-0.3, -0.25) is 29.9 Å². The quantitative estimate of drug-likeness (QED) is 0.158. The second-order valence-electron chi connectivity index (χ2n) is 27.6. The van der Waals surface area contributed by atoms with Crippen molar-refractivity contribution in [2.45, 2.75) is 96.9 Å². The van der Waals surface area contributed by atoms with E-state index < -0.39 is 0 Å². The maximum absolute atomic E-state index is 4.74. The molecule has 10 aromatic heterocycles. The maximum Gasteiger partial charge on any atom is 0.0889 e. The van der Waals surface area contributed by atoms with E-state index >= 15 is 0 Å². The lowest BCUT2D eigenvalue weighted by Gasteiger charge is -2.06. The molecule has 0 aliphatic carbocycles. The van der Waals surface area contributed by atoms with E-state index in [1.807, 2.05) is 150 Å². The van der Waals surface area contributed by atoms with Crippen LogP contribution in [0.25, 0.3) is 121 Å². The first-order valence-corrected chi connectivity index (χ1v) is 35.9. The van der Waals surface area contributed by atoms with Crippen LogP contribution < -0.4 is 0 Å². The van der Waals surface area contributed by atoms with Gasteiger partial charge in [0.1, 0.15) is 0 Å². The summed E-state index contributed by atoms with van der Waals surface area (Å²) in [7, 11) is 0. The van der Waals surface area contributed by atoms with Crippen molar-refractivity contribution in [3.63, 3.8) is 0 Å². The van der Waals surface area contributed by atoms with Gasteiger partial charge in [-0.2, -0.15) is 0 Å². The lowest BCUT2D eigenvalue weighted by Crippen LogP contribution is -1.90. The second-order valence-corrected chi connectivity index (χ2v) is 27.6. The van der Waals surface area contributed by atoms with E-state index in [0.717, 1.165) is 89.7 Å². The Kier molecular flexibility index (Phi) is 23.2. The molecule has 10 heteroatoms. The van der Waals surface area contributed by atoms with Gasteiger partial charge in [0.25, 0.3) is 0 Å². The first-order valence-electron chi connectivity index (χ1n) is 35.9. The number of para-hydroxylation sites is 2. The van der Waals surface area contributed by atoms with Crippen LogP contribution in [0, 0.1) is 96.9 Å². The first-order chi connectivity index (χ1) is 51.2. The van der Waals surface area contributed by atoms with Crippen LogP contribution in [0.5, 0.6) is 0 Å². The molecule has 0 bridgehead atoms. The topological polar surface area (TPSA) is 129 Å². The molecule has 106 heavy (non-hydrogen) atoms. The summed E-state index contributed by atoms with van der Waals surface area (Å²) >= 11 is 0. The summed E-state index contributed by atoms with van der Waals surface area (Å²) in [4.78, 5) is 44.8. The predicted molar refractivity (Wildman–Crippen MR) is 446 cm³/mol. The molecular weight excluding hydrogens is 1290 g/mol. The molecule has 0 atom stereocenters. The monoisotopic (exact) mass is 1380 g/mol. The van der Waals surface area contributed by atoms with Crippen LogP contribution in [0.15, 0.2) is 280 Å². The Hall–Kier alpha value is -12.7. The van der Waals surface area contributed by atoms with Crippen molar-refractivity contribution in [2.75, 3.05) is 0 Å². The van der Waals surface area contributed by atoms with Crippen molar-refractivity contribution in [2.24, 2.45) is 0 Å². The summed E-state index contributed by atoms with van der Waals surface area (Å²) in [5, 5.41) is 9.78. The molecule has 0 saturated carbocycles. The van der Waals surface area contributed by atoms with Gasteiger partial charge in [-0.05, 0) is 299 Å². The Balaban J connectivity index is 0.000000116. The smallest absolute Gasteiger partial charge is 0.0889 e. The number of pyridine rings is 10. The highest BCUT2D eigenvalue weighted by Crippen LogP contribution is 2.28. The van der Waals surface area contributed by atoms with Crippen molar-refractivity contribution >= 4 is 87.2 Å². The van der Waals surface area contributed by atoms with Crippen LogP contribution in [0.3, 0.4) is 0 Å². The maximum atomic E-state index is 4.74. The molecule has 10 nitrogen and oxygen atoms in total. The van der Waals surface area contributed by atoms with Crippen LogP contribution in [-0.2, 0) is 0 Å². The highest BCUT2D eigenvalue weighted by Gasteiger charge is 2.08. The molecule has 18 rings (SSSR count). The number of benzene rings is 8. The van der Waals surface area contributed by atoms with Gasteiger partial charge in [0, 0.05) is 79.3 Å². The zero-order chi connectivity index (χ0) is 74.4. The molecule has 8 aromatic carbocycles. The number of nitrogens with zero attached hydrogens (tertiary/aromatic N) is 10. The Morgan fingerprint density at radius 2 is 0.575 bits per heavy atom. The van der Waals surface area contributed by atoms with Crippen LogP contribution in [-0.4, -0.2) is 49.8 Å². The molecule has 0 aliphatic heterocycles. The summed E-state index contributed by atoms with van der Waals surface area (Å²) in [6, 6.07) is 87.7. The number of aryl methyl sites for hydroxylation is 14. The summed E-state index contributed by atoms with van der Waals surface area (Å²) in [5.74, 6) is 0. The summed E-state index contributed by atoms with van der Waals surface area (Å²) in [5.41, 5.74) is 31.3. The molecule has 0 saturated heterocycles. The first kappa shape index (κ1) is 73.1. The number of fused-ring (bicyclic) bond motifs is 8. The van der Waals surface area contributed by atoms with Crippen LogP contribution in [0.4, 0.5) is 0 Å². The molecule has 522 valence electrons. The third-order valence-corrected chi connectivity index (χ3v) is 18.3. The summed E-state index contributed by atoms with van der Waals surface area (Å²) in [6.07, 6.45) is 7.34. The Morgan fingerprint density at radius 3 is 1.07 bits per heavy atom. The van der Waals surface area contributed by atoms with E-state index in [-0.39, 0.29) is 0 Å². The minimum atomic E-state index is 0.926. The minimum absolute atomic E-state index is 0.926. The molecule has 10 heterocycles. The predicted octanol–water partition coefficient (Wildman–Crippen LogP) is 24.3. The largest absolute Gasteiger partial charge is 0.255 e. The fourth-order valence-electron chi connectivity index (χ4n) is 12.3. The van der Waals surface area contributed by atoms with Crippen LogP contribution >= 0.6 is 0 Å². The number of hydrogen-bond donors (Lipinski definition) is 0. The van der Waals surface area contributed by atoms with Crippen molar-refractivity contribution in [3.05, 3.63) is 358 Å².